The van der Waals surface area contributed by atoms with Crippen molar-refractivity contribution in [2.75, 3.05) is 44.1 Å². The van der Waals surface area contributed by atoms with Crippen LogP contribution in [-0.4, -0.2) is 65.6 Å². The van der Waals surface area contributed by atoms with Crippen molar-refractivity contribution in [1.29, 1.82) is 0 Å². The Hall–Kier alpha value is -2.21. The van der Waals surface area contributed by atoms with E-state index in [2.05, 4.69) is 9.89 Å². The Morgan fingerprint density at radius 3 is 2.44 bits per heavy atom. The molecule has 1 atom stereocenters. The second-order valence-electron chi connectivity index (χ2n) is 8.49. The van der Waals surface area contributed by atoms with Crippen molar-refractivity contribution in [3.05, 3.63) is 41.3 Å². The van der Waals surface area contributed by atoms with E-state index in [4.69, 9.17) is 9.47 Å². The molecular weight excluding hydrogens is 489 g/mol. The monoisotopic (exact) mass is 514 g/mol. The molecule has 0 spiro atoms. The number of morpholine rings is 1. The Morgan fingerprint density at radius 1 is 1.21 bits per heavy atom. The lowest BCUT2D eigenvalue weighted by molar-refractivity contribution is -0.190. The topological polar surface area (TPSA) is 68.2 Å². The van der Waals surface area contributed by atoms with Crippen LogP contribution in [0, 0.1) is 0 Å². The second kappa shape index (κ2) is 9.44. The number of anilines is 1. The second-order valence-corrected chi connectivity index (χ2v) is 11.5. The number of nitrogens with zero attached hydrogens (tertiary/aromatic N) is 2. The molecular formula is C23H25F3N2O4S2. The summed E-state index contributed by atoms with van der Waals surface area (Å²) in [6, 6.07) is 8.74. The van der Waals surface area contributed by atoms with Gasteiger partial charge in [-0.1, -0.05) is 18.2 Å². The number of hydrogen-bond donors (Lipinski definition) is 0. The highest BCUT2D eigenvalue weighted by atomic mass is 32.2. The van der Waals surface area contributed by atoms with Gasteiger partial charge in [0.15, 0.2) is 9.84 Å². The van der Waals surface area contributed by atoms with E-state index in [0.29, 0.717) is 18.9 Å². The third-order valence-corrected chi connectivity index (χ3v) is 7.95. The quantitative estimate of drug-likeness (QED) is 0.554. The van der Waals surface area contributed by atoms with E-state index in [1.807, 2.05) is 6.07 Å². The van der Waals surface area contributed by atoms with Gasteiger partial charge in [-0.25, -0.2) is 8.42 Å². The molecule has 11 heteroatoms. The van der Waals surface area contributed by atoms with Gasteiger partial charge in [0.05, 0.1) is 33.7 Å². The first-order valence-electron chi connectivity index (χ1n) is 10.7. The third kappa shape index (κ3) is 5.88. The van der Waals surface area contributed by atoms with Crippen LogP contribution in [0.3, 0.4) is 0 Å². The average molecular weight is 515 g/mol. The zero-order chi connectivity index (χ0) is 24.6. The number of thiophene rings is 1. The number of aliphatic imine (C=N–C) groups is 1. The summed E-state index contributed by atoms with van der Waals surface area (Å²) in [6.07, 6.45) is 0.266. The molecule has 1 fully saturated rings. The van der Waals surface area contributed by atoms with E-state index in [1.165, 1.54) is 12.5 Å². The van der Waals surface area contributed by atoms with Crippen LogP contribution in [0.25, 0.3) is 16.8 Å². The highest BCUT2D eigenvalue weighted by Gasteiger charge is 2.34. The molecule has 0 aliphatic carbocycles. The smallest absolute Gasteiger partial charge is 0.378 e. The fourth-order valence-electron chi connectivity index (χ4n) is 3.72. The molecule has 0 bridgehead atoms. The highest BCUT2D eigenvalue weighted by molar-refractivity contribution is 7.90. The van der Waals surface area contributed by atoms with Gasteiger partial charge in [-0.15, -0.1) is 11.3 Å². The normalized spacial score (nSPS) is 21.6. The van der Waals surface area contributed by atoms with E-state index >= 15 is 0 Å². The molecule has 2 aliphatic heterocycles. The first kappa shape index (κ1) is 24.9. The Balaban J connectivity index is 1.63. The van der Waals surface area contributed by atoms with Gasteiger partial charge in [-0.3, -0.25) is 4.99 Å². The van der Waals surface area contributed by atoms with Crippen LogP contribution < -0.4 is 4.90 Å². The number of alkyl halides is 3. The maximum Gasteiger partial charge on any atom is 0.411 e. The Morgan fingerprint density at radius 2 is 1.88 bits per heavy atom. The predicted molar refractivity (Wildman–Crippen MR) is 127 cm³/mol. The van der Waals surface area contributed by atoms with Crippen molar-refractivity contribution in [3.8, 4) is 11.1 Å². The van der Waals surface area contributed by atoms with Crippen LogP contribution in [0.1, 0.15) is 18.2 Å². The van der Waals surface area contributed by atoms with Gasteiger partial charge < -0.3 is 14.4 Å². The summed E-state index contributed by atoms with van der Waals surface area (Å²) in [5.74, 6) is 0. The number of halogens is 3. The first-order valence-corrected chi connectivity index (χ1v) is 13.4. The summed E-state index contributed by atoms with van der Waals surface area (Å²) in [5, 5.41) is 1.02. The standard InChI is InChI=1S/C23H25F3N2O4S2/c1-22(32-15-23(24,25)26)8-7-19(27-14-22)20-13-18(21(33-20)28-9-11-31-12-10-28)16-3-5-17(6-4-16)34(2,29)30/h3-7,13-14H,8-12,15H2,1-2H3. The van der Waals surface area contributed by atoms with Crippen LogP contribution in [0.2, 0.25) is 0 Å². The van der Waals surface area contributed by atoms with E-state index in [9.17, 15) is 21.6 Å². The number of rotatable bonds is 6. The van der Waals surface area contributed by atoms with E-state index in [0.717, 1.165) is 34.1 Å². The van der Waals surface area contributed by atoms with Crippen LogP contribution in [0.4, 0.5) is 18.2 Å². The zero-order valence-electron chi connectivity index (χ0n) is 18.8. The summed E-state index contributed by atoms with van der Waals surface area (Å²) in [4.78, 5) is 7.77. The molecule has 0 saturated carbocycles. The minimum absolute atomic E-state index is 0.248. The molecule has 3 heterocycles. The zero-order valence-corrected chi connectivity index (χ0v) is 20.4. The molecule has 1 aromatic carbocycles. The molecule has 6 nitrogen and oxygen atoms in total. The molecule has 0 amide bonds. The maximum atomic E-state index is 12.6. The van der Waals surface area contributed by atoms with Gasteiger partial charge in [0.25, 0.3) is 0 Å². The van der Waals surface area contributed by atoms with E-state index in [1.54, 1.807) is 48.6 Å². The van der Waals surface area contributed by atoms with Crippen molar-refractivity contribution in [3.63, 3.8) is 0 Å². The van der Waals surface area contributed by atoms with Crippen LogP contribution in [0.15, 0.2) is 46.3 Å². The predicted octanol–water partition coefficient (Wildman–Crippen LogP) is 4.81. The summed E-state index contributed by atoms with van der Waals surface area (Å²) in [7, 11) is -3.30. The molecule has 0 N–H and O–H groups in total. The molecule has 4 rings (SSSR count). The molecule has 0 radical (unpaired) electrons. The summed E-state index contributed by atoms with van der Waals surface area (Å²) < 4.78 is 71.9. The molecule has 2 aromatic rings. The lowest BCUT2D eigenvalue weighted by Crippen LogP contribution is -2.36. The lowest BCUT2D eigenvalue weighted by Gasteiger charge is -2.28. The number of sulfone groups is 1. The van der Waals surface area contributed by atoms with Crippen molar-refractivity contribution in [2.45, 2.75) is 30.0 Å². The maximum absolute atomic E-state index is 12.6. The molecule has 184 valence electrons. The molecule has 2 aliphatic rings. The minimum Gasteiger partial charge on any atom is -0.378 e. The van der Waals surface area contributed by atoms with Crippen LogP contribution in [-0.2, 0) is 19.3 Å². The lowest BCUT2D eigenvalue weighted by atomic mass is 10.00. The largest absolute Gasteiger partial charge is 0.411 e. The van der Waals surface area contributed by atoms with Crippen molar-refractivity contribution >= 4 is 38.1 Å². The van der Waals surface area contributed by atoms with Gasteiger partial charge in [0, 0.05) is 37.5 Å². The van der Waals surface area contributed by atoms with Crippen LogP contribution in [0.5, 0.6) is 0 Å². The summed E-state index contributed by atoms with van der Waals surface area (Å²) >= 11 is 1.54. The van der Waals surface area contributed by atoms with E-state index in [-0.39, 0.29) is 11.3 Å². The van der Waals surface area contributed by atoms with Crippen molar-refractivity contribution in [1.82, 2.24) is 0 Å². The fraction of sp³-hybridized carbons (Fsp3) is 0.435. The average Bonchev–Trinajstić information content (AvgIpc) is 3.23. The van der Waals surface area contributed by atoms with Gasteiger partial charge in [0.2, 0.25) is 0 Å². The van der Waals surface area contributed by atoms with Gasteiger partial charge >= 0.3 is 6.18 Å². The summed E-state index contributed by atoms with van der Waals surface area (Å²) in [6.45, 7) is 2.91. The summed E-state index contributed by atoms with van der Waals surface area (Å²) in [5.41, 5.74) is 1.37. The number of hydrogen-bond acceptors (Lipinski definition) is 7. The Bertz CT molecular complexity index is 1200. The van der Waals surface area contributed by atoms with Crippen molar-refractivity contribution < 1.29 is 31.1 Å². The SMILES string of the molecule is CC1(OCC(F)(F)F)C=NC(c2cc(-c3ccc(S(C)(=O)=O)cc3)c(N3CCOCC3)s2)=CC1. The molecule has 1 aromatic heterocycles. The number of ether oxygens (including phenoxy) is 2. The Labute approximate surface area is 200 Å². The molecule has 1 unspecified atom stereocenters. The van der Waals surface area contributed by atoms with Crippen LogP contribution >= 0.6 is 11.3 Å². The fourth-order valence-corrected chi connectivity index (χ4v) is 5.57. The van der Waals surface area contributed by atoms with E-state index < -0.39 is 28.2 Å². The van der Waals surface area contributed by atoms with Gasteiger partial charge in [-0.05, 0) is 30.7 Å². The first-order chi connectivity index (χ1) is 15.9. The van der Waals surface area contributed by atoms with Gasteiger partial charge in [0.1, 0.15) is 12.2 Å². The minimum atomic E-state index is -4.40. The Kier molecular flexibility index (Phi) is 6.92. The highest BCUT2D eigenvalue weighted by Crippen LogP contribution is 2.43. The van der Waals surface area contributed by atoms with Crippen molar-refractivity contribution in [2.24, 2.45) is 4.99 Å². The number of benzene rings is 1. The molecule has 34 heavy (non-hydrogen) atoms. The molecule has 1 saturated heterocycles. The van der Waals surface area contributed by atoms with Gasteiger partial charge in [-0.2, -0.15) is 13.2 Å². The third-order valence-electron chi connectivity index (χ3n) is 5.60.